The first kappa shape index (κ1) is 17.9. The highest BCUT2D eigenvalue weighted by Gasteiger charge is 2.39. The zero-order valence-electron chi connectivity index (χ0n) is 10.3. The average Bonchev–Trinajstić information content (AvgIpc) is 2.20. The van der Waals surface area contributed by atoms with E-state index in [0.29, 0.717) is 25.3 Å². The normalized spacial score (nSPS) is 11.0. The number of hydrogen-bond acceptors (Lipinski definition) is 4. The Hall–Kier alpha value is 0.564. The SMILES string of the molecule is CCO[Si](CCl)(OCC)OCC.CO[SiH3]. The van der Waals surface area contributed by atoms with Crippen LogP contribution in [0.2, 0.25) is 0 Å². The molecule has 0 aliphatic heterocycles. The molecule has 0 aromatic heterocycles. The summed E-state index contributed by atoms with van der Waals surface area (Å²) in [5.74, 6) is 0. The van der Waals surface area contributed by atoms with E-state index in [1.165, 1.54) is 0 Å². The second kappa shape index (κ2) is 12.6. The fourth-order valence-corrected chi connectivity index (χ4v) is 3.40. The molecule has 0 heterocycles. The molecule has 94 valence electrons. The maximum atomic E-state index is 5.75. The van der Waals surface area contributed by atoms with Gasteiger partial charge < -0.3 is 17.7 Å². The molecule has 0 spiro atoms. The molecule has 0 aliphatic rings. The Kier molecular flexibility index (Phi) is 15.1. The predicted octanol–water partition coefficient (Wildman–Crippen LogP) is 0.726. The lowest BCUT2D eigenvalue weighted by Crippen LogP contribution is -2.48. The highest BCUT2D eigenvalue weighted by Crippen LogP contribution is 2.11. The number of alkyl halides is 1. The van der Waals surface area contributed by atoms with Gasteiger partial charge in [-0.25, -0.2) is 0 Å². The molecule has 0 fully saturated rings. The Bertz CT molecular complexity index is 112. The molecular weight excluding hydrogens is 252 g/mol. The molecule has 0 bridgehead atoms. The second-order valence-electron chi connectivity index (χ2n) is 2.52. The summed E-state index contributed by atoms with van der Waals surface area (Å²) in [6, 6.07) is 0. The molecule has 0 N–H and O–H groups in total. The fourth-order valence-electron chi connectivity index (χ4n) is 0.900. The molecule has 0 saturated carbocycles. The minimum Gasteiger partial charge on any atom is -0.431 e. The van der Waals surface area contributed by atoms with Crippen LogP contribution in [0.1, 0.15) is 20.8 Å². The van der Waals surface area contributed by atoms with Crippen molar-refractivity contribution in [2.75, 3.05) is 32.4 Å². The van der Waals surface area contributed by atoms with Crippen LogP contribution in [0.25, 0.3) is 0 Å². The van der Waals surface area contributed by atoms with Gasteiger partial charge in [-0.05, 0) is 20.8 Å². The smallest absolute Gasteiger partial charge is 0.431 e. The topological polar surface area (TPSA) is 36.9 Å². The molecular formula is C8H23ClO4Si2. The lowest BCUT2D eigenvalue weighted by atomic mass is 10.9. The minimum absolute atomic E-state index is 0.322. The van der Waals surface area contributed by atoms with Gasteiger partial charge in [0.15, 0.2) is 0 Å². The molecule has 0 amide bonds. The lowest BCUT2D eigenvalue weighted by molar-refractivity contribution is 0.0769. The summed E-state index contributed by atoms with van der Waals surface area (Å²) in [5.41, 5.74) is 0.322. The van der Waals surface area contributed by atoms with Gasteiger partial charge in [0.2, 0.25) is 0 Å². The van der Waals surface area contributed by atoms with Crippen molar-refractivity contribution in [2.45, 2.75) is 20.8 Å². The molecule has 15 heavy (non-hydrogen) atoms. The Labute approximate surface area is 102 Å². The molecule has 0 saturated heterocycles. The standard InChI is InChI=1S/C7H17ClO3Si.CH6OSi/c1-4-9-12(7-8,10-5-2)11-6-3;1-2-3/h4-7H2,1-3H3;1,3H3. The third-order valence-electron chi connectivity index (χ3n) is 1.26. The molecule has 0 aromatic rings. The number of halogens is 1. The predicted molar refractivity (Wildman–Crippen MR) is 68.3 cm³/mol. The summed E-state index contributed by atoms with van der Waals surface area (Å²) < 4.78 is 20.7. The van der Waals surface area contributed by atoms with Gasteiger partial charge in [0.05, 0.1) is 5.50 Å². The van der Waals surface area contributed by atoms with Crippen molar-refractivity contribution in [3.63, 3.8) is 0 Å². The van der Waals surface area contributed by atoms with E-state index < -0.39 is 8.80 Å². The van der Waals surface area contributed by atoms with Crippen molar-refractivity contribution in [1.82, 2.24) is 0 Å². The van der Waals surface area contributed by atoms with Crippen LogP contribution in [-0.4, -0.2) is 51.7 Å². The summed E-state index contributed by atoms with van der Waals surface area (Å²) in [5, 5.41) is 0. The first-order valence-corrected chi connectivity index (χ1v) is 8.32. The first-order valence-electron chi connectivity index (χ1n) is 5.04. The van der Waals surface area contributed by atoms with Crippen LogP contribution < -0.4 is 0 Å². The van der Waals surface area contributed by atoms with E-state index in [4.69, 9.17) is 24.9 Å². The average molecular weight is 275 g/mol. The van der Waals surface area contributed by atoms with Gasteiger partial charge in [-0.15, -0.1) is 11.6 Å². The Balaban J connectivity index is 0. The van der Waals surface area contributed by atoms with E-state index in [2.05, 4.69) is 4.43 Å². The van der Waals surface area contributed by atoms with Crippen LogP contribution in [-0.2, 0) is 17.7 Å². The Morgan fingerprint density at radius 3 is 1.40 bits per heavy atom. The van der Waals surface area contributed by atoms with Crippen molar-refractivity contribution < 1.29 is 17.7 Å². The molecule has 0 atom stereocenters. The van der Waals surface area contributed by atoms with Gasteiger partial charge in [-0.1, -0.05) is 0 Å². The maximum Gasteiger partial charge on any atom is 0.516 e. The van der Waals surface area contributed by atoms with E-state index in [9.17, 15) is 0 Å². The largest absolute Gasteiger partial charge is 0.516 e. The molecule has 0 radical (unpaired) electrons. The van der Waals surface area contributed by atoms with Gasteiger partial charge >= 0.3 is 8.80 Å². The van der Waals surface area contributed by atoms with Crippen molar-refractivity contribution in [3.8, 4) is 0 Å². The van der Waals surface area contributed by atoms with Crippen LogP contribution in [0.3, 0.4) is 0 Å². The summed E-state index contributed by atoms with van der Waals surface area (Å²) in [6.07, 6.45) is 0. The van der Waals surface area contributed by atoms with Gasteiger partial charge in [-0.2, -0.15) is 0 Å². The highest BCUT2D eigenvalue weighted by atomic mass is 35.5. The Morgan fingerprint density at radius 2 is 1.27 bits per heavy atom. The maximum absolute atomic E-state index is 5.75. The van der Waals surface area contributed by atoms with E-state index in [1.54, 1.807) is 7.11 Å². The Morgan fingerprint density at radius 1 is 1.00 bits per heavy atom. The van der Waals surface area contributed by atoms with E-state index in [-0.39, 0.29) is 0 Å². The van der Waals surface area contributed by atoms with Crippen molar-refractivity contribution in [3.05, 3.63) is 0 Å². The van der Waals surface area contributed by atoms with Crippen molar-refractivity contribution >= 4 is 30.9 Å². The summed E-state index contributed by atoms with van der Waals surface area (Å²) in [6.45, 7) is 7.47. The van der Waals surface area contributed by atoms with Crippen LogP contribution in [0.4, 0.5) is 0 Å². The lowest BCUT2D eigenvalue weighted by Gasteiger charge is -2.25. The number of hydrogen-bond donors (Lipinski definition) is 0. The molecule has 0 unspecified atom stereocenters. The monoisotopic (exact) mass is 274 g/mol. The minimum atomic E-state index is -2.50. The third kappa shape index (κ3) is 9.49. The van der Waals surface area contributed by atoms with Crippen molar-refractivity contribution in [1.29, 1.82) is 0 Å². The van der Waals surface area contributed by atoms with Crippen LogP contribution in [0.5, 0.6) is 0 Å². The van der Waals surface area contributed by atoms with Gasteiger partial charge in [0.25, 0.3) is 0 Å². The van der Waals surface area contributed by atoms with Crippen LogP contribution in [0.15, 0.2) is 0 Å². The molecule has 4 nitrogen and oxygen atoms in total. The van der Waals surface area contributed by atoms with Gasteiger partial charge in [0, 0.05) is 26.9 Å². The highest BCUT2D eigenvalue weighted by molar-refractivity contribution is 6.69. The van der Waals surface area contributed by atoms with Crippen molar-refractivity contribution in [2.24, 2.45) is 0 Å². The van der Waals surface area contributed by atoms with Gasteiger partial charge in [0.1, 0.15) is 10.5 Å². The zero-order valence-corrected chi connectivity index (χ0v) is 14.1. The van der Waals surface area contributed by atoms with Crippen LogP contribution in [0, 0.1) is 0 Å². The van der Waals surface area contributed by atoms with E-state index >= 15 is 0 Å². The summed E-state index contributed by atoms with van der Waals surface area (Å²) in [7, 11) is 0.0515. The number of rotatable bonds is 7. The summed E-state index contributed by atoms with van der Waals surface area (Å²) >= 11 is 5.75. The zero-order chi connectivity index (χ0) is 12.2. The molecule has 7 heteroatoms. The fraction of sp³-hybridized carbons (Fsp3) is 1.00. The van der Waals surface area contributed by atoms with Crippen LogP contribution >= 0.6 is 11.6 Å². The quantitative estimate of drug-likeness (QED) is 0.507. The van der Waals surface area contributed by atoms with E-state index in [1.807, 2.05) is 20.8 Å². The summed E-state index contributed by atoms with van der Waals surface area (Å²) in [4.78, 5) is 0. The molecule has 0 rings (SSSR count). The third-order valence-corrected chi connectivity index (χ3v) is 4.75. The first-order chi connectivity index (χ1) is 7.16. The molecule has 0 aromatic carbocycles. The van der Waals surface area contributed by atoms with E-state index in [0.717, 1.165) is 10.5 Å². The second-order valence-corrected chi connectivity index (χ2v) is 6.64. The van der Waals surface area contributed by atoms with Gasteiger partial charge in [-0.3, -0.25) is 0 Å². The molecule has 0 aliphatic carbocycles.